The summed E-state index contributed by atoms with van der Waals surface area (Å²) in [4.78, 5) is 11.5. The van der Waals surface area contributed by atoms with Crippen LogP contribution in [0.5, 0.6) is 0 Å². The van der Waals surface area contributed by atoms with Gasteiger partial charge in [0.15, 0.2) is 0 Å². The maximum absolute atomic E-state index is 13.0. The number of hydrogen-bond acceptors (Lipinski definition) is 2. The van der Waals surface area contributed by atoms with Crippen LogP contribution in [0.4, 0.5) is 10.1 Å². The number of halogens is 2. The lowest BCUT2D eigenvalue weighted by Crippen LogP contribution is -2.29. The van der Waals surface area contributed by atoms with E-state index >= 15 is 0 Å². The van der Waals surface area contributed by atoms with Crippen molar-refractivity contribution in [3.05, 3.63) is 29.6 Å². The summed E-state index contributed by atoms with van der Waals surface area (Å²) >= 11 is 0. The molecular weight excluding hydrogens is 255 g/mol. The smallest absolute Gasteiger partial charge is 0.238 e. The lowest BCUT2D eigenvalue weighted by atomic mass is 10.2. The summed E-state index contributed by atoms with van der Waals surface area (Å²) in [5.74, 6) is 0.419. The number of benzene rings is 1. The van der Waals surface area contributed by atoms with Crippen molar-refractivity contribution in [2.45, 2.75) is 19.8 Å². The average Bonchev–Trinajstić information content (AvgIpc) is 3.07. The maximum Gasteiger partial charge on any atom is 0.238 e. The molecular formula is C13H18ClFN2O. The van der Waals surface area contributed by atoms with E-state index in [0.717, 1.165) is 12.5 Å². The number of nitrogens with one attached hydrogen (secondary N) is 2. The first-order valence-electron chi connectivity index (χ1n) is 5.92. The fraction of sp³-hybridized carbons (Fsp3) is 0.462. The second kappa shape index (κ2) is 6.71. The SMILES string of the molecule is Cc1cc(NC(=O)CNCC2CC2)ccc1F.Cl. The van der Waals surface area contributed by atoms with Crippen LogP contribution in [0.15, 0.2) is 18.2 Å². The minimum atomic E-state index is -0.255. The second-order valence-electron chi connectivity index (χ2n) is 4.59. The Morgan fingerprint density at radius 2 is 2.17 bits per heavy atom. The van der Waals surface area contributed by atoms with Gasteiger partial charge in [0.05, 0.1) is 6.54 Å². The zero-order valence-corrected chi connectivity index (χ0v) is 11.1. The standard InChI is InChI=1S/C13H17FN2O.ClH/c1-9-6-11(4-5-12(9)14)16-13(17)8-15-7-10-2-3-10;/h4-6,10,15H,2-3,7-8H2,1H3,(H,16,17);1H. The Labute approximate surface area is 113 Å². The lowest BCUT2D eigenvalue weighted by molar-refractivity contribution is -0.115. The third-order valence-electron chi connectivity index (χ3n) is 2.86. The summed E-state index contributed by atoms with van der Waals surface area (Å²) in [7, 11) is 0. The summed E-state index contributed by atoms with van der Waals surface area (Å²) in [6, 6.07) is 4.57. The fourth-order valence-corrected chi connectivity index (χ4v) is 1.64. The molecule has 1 aromatic rings. The zero-order valence-electron chi connectivity index (χ0n) is 10.3. The Hall–Kier alpha value is -1.13. The molecule has 5 heteroatoms. The Morgan fingerprint density at radius 1 is 1.44 bits per heavy atom. The summed E-state index contributed by atoms with van der Waals surface area (Å²) in [5, 5.41) is 5.84. The minimum Gasteiger partial charge on any atom is -0.325 e. The molecule has 0 aliphatic heterocycles. The van der Waals surface area contributed by atoms with Gasteiger partial charge < -0.3 is 10.6 Å². The molecule has 1 amide bonds. The van der Waals surface area contributed by atoms with Crippen molar-refractivity contribution in [1.29, 1.82) is 0 Å². The van der Waals surface area contributed by atoms with Crippen molar-refractivity contribution >= 4 is 24.0 Å². The third kappa shape index (κ3) is 4.63. The van der Waals surface area contributed by atoms with Crippen LogP contribution >= 0.6 is 12.4 Å². The molecule has 0 atom stereocenters. The van der Waals surface area contributed by atoms with Crippen molar-refractivity contribution < 1.29 is 9.18 Å². The summed E-state index contributed by atoms with van der Waals surface area (Å²) in [5.41, 5.74) is 1.18. The number of anilines is 1. The van der Waals surface area contributed by atoms with E-state index in [1.54, 1.807) is 19.1 Å². The first-order valence-corrected chi connectivity index (χ1v) is 5.92. The highest BCUT2D eigenvalue weighted by atomic mass is 35.5. The van der Waals surface area contributed by atoms with Crippen molar-refractivity contribution in [2.75, 3.05) is 18.4 Å². The van der Waals surface area contributed by atoms with Gasteiger partial charge in [0.2, 0.25) is 5.91 Å². The number of hydrogen-bond donors (Lipinski definition) is 2. The van der Waals surface area contributed by atoms with Crippen LogP contribution in [-0.2, 0) is 4.79 Å². The summed E-state index contributed by atoms with van der Waals surface area (Å²) in [6.45, 7) is 2.90. The lowest BCUT2D eigenvalue weighted by Gasteiger charge is -2.07. The molecule has 1 aromatic carbocycles. The van der Waals surface area contributed by atoms with Gasteiger partial charge >= 0.3 is 0 Å². The van der Waals surface area contributed by atoms with Gasteiger partial charge in [0.25, 0.3) is 0 Å². The summed E-state index contributed by atoms with van der Waals surface area (Å²) < 4.78 is 13.0. The molecule has 1 saturated carbocycles. The van der Waals surface area contributed by atoms with Gasteiger partial charge in [-0.3, -0.25) is 4.79 Å². The van der Waals surface area contributed by atoms with E-state index in [9.17, 15) is 9.18 Å². The molecule has 100 valence electrons. The molecule has 0 radical (unpaired) electrons. The van der Waals surface area contributed by atoms with Gasteiger partial charge in [-0.25, -0.2) is 4.39 Å². The van der Waals surface area contributed by atoms with Gasteiger partial charge in [0.1, 0.15) is 5.82 Å². The Bertz CT molecular complexity index is 421. The predicted octanol–water partition coefficient (Wildman–Crippen LogP) is 2.49. The quantitative estimate of drug-likeness (QED) is 0.865. The van der Waals surface area contributed by atoms with Crippen LogP contribution in [0.2, 0.25) is 0 Å². The molecule has 2 rings (SSSR count). The molecule has 0 unspecified atom stereocenters. The monoisotopic (exact) mass is 272 g/mol. The van der Waals surface area contributed by atoms with E-state index in [1.807, 2.05) is 0 Å². The molecule has 0 aromatic heterocycles. The van der Waals surface area contributed by atoms with Crippen LogP contribution in [0.3, 0.4) is 0 Å². The molecule has 1 fully saturated rings. The van der Waals surface area contributed by atoms with Crippen LogP contribution < -0.4 is 10.6 Å². The fourth-order valence-electron chi connectivity index (χ4n) is 1.64. The summed E-state index contributed by atoms with van der Waals surface area (Å²) in [6.07, 6.45) is 2.54. The molecule has 0 spiro atoms. The topological polar surface area (TPSA) is 41.1 Å². The van der Waals surface area contributed by atoms with Crippen LogP contribution in [0.25, 0.3) is 0 Å². The highest BCUT2D eigenvalue weighted by Gasteiger charge is 2.20. The van der Waals surface area contributed by atoms with E-state index in [0.29, 0.717) is 17.8 Å². The zero-order chi connectivity index (χ0) is 12.3. The third-order valence-corrected chi connectivity index (χ3v) is 2.86. The second-order valence-corrected chi connectivity index (χ2v) is 4.59. The maximum atomic E-state index is 13.0. The van der Waals surface area contributed by atoms with E-state index in [4.69, 9.17) is 0 Å². The van der Waals surface area contributed by atoms with Crippen LogP contribution in [-0.4, -0.2) is 19.0 Å². The highest BCUT2D eigenvalue weighted by Crippen LogP contribution is 2.27. The van der Waals surface area contributed by atoms with Crippen LogP contribution in [0.1, 0.15) is 18.4 Å². The van der Waals surface area contributed by atoms with Gasteiger partial charge in [-0.2, -0.15) is 0 Å². The van der Waals surface area contributed by atoms with E-state index < -0.39 is 0 Å². The number of aryl methyl sites for hydroxylation is 1. The van der Waals surface area contributed by atoms with E-state index in [1.165, 1.54) is 18.9 Å². The number of carbonyl (C=O) groups is 1. The molecule has 0 bridgehead atoms. The molecule has 0 saturated heterocycles. The van der Waals surface area contributed by atoms with Crippen molar-refractivity contribution in [2.24, 2.45) is 5.92 Å². The minimum absolute atomic E-state index is 0. The van der Waals surface area contributed by atoms with Crippen molar-refractivity contribution in [3.63, 3.8) is 0 Å². The molecule has 3 nitrogen and oxygen atoms in total. The van der Waals surface area contributed by atoms with Crippen LogP contribution in [0, 0.1) is 18.7 Å². The predicted molar refractivity (Wildman–Crippen MR) is 72.6 cm³/mol. The first-order chi connectivity index (χ1) is 8.15. The normalized spacial score (nSPS) is 13.9. The van der Waals surface area contributed by atoms with Crippen molar-refractivity contribution in [1.82, 2.24) is 5.32 Å². The molecule has 1 aliphatic rings. The van der Waals surface area contributed by atoms with E-state index in [2.05, 4.69) is 10.6 Å². The van der Waals surface area contributed by atoms with Gasteiger partial charge in [-0.15, -0.1) is 12.4 Å². The number of rotatable bonds is 5. The van der Waals surface area contributed by atoms with E-state index in [-0.39, 0.29) is 24.1 Å². The molecule has 2 N–H and O–H groups in total. The highest BCUT2D eigenvalue weighted by molar-refractivity contribution is 5.92. The van der Waals surface area contributed by atoms with Gasteiger partial charge in [0, 0.05) is 5.69 Å². The van der Waals surface area contributed by atoms with Crippen molar-refractivity contribution in [3.8, 4) is 0 Å². The Balaban J connectivity index is 0.00000162. The largest absolute Gasteiger partial charge is 0.325 e. The number of carbonyl (C=O) groups excluding carboxylic acids is 1. The van der Waals surface area contributed by atoms with Gasteiger partial charge in [-0.1, -0.05) is 0 Å². The molecule has 1 aliphatic carbocycles. The Morgan fingerprint density at radius 3 is 2.78 bits per heavy atom. The molecule has 0 heterocycles. The Kier molecular flexibility index (Phi) is 5.56. The first kappa shape index (κ1) is 14.9. The average molecular weight is 273 g/mol. The van der Waals surface area contributed by atoms with Gasteiger partial charge in [-0.05, 0) is 56.0 Å². The number of amides is 1. The molecule has 18 heavy (non-hydrogen) atoms.